The number of nitrogens with one attached hydrogen (secondary N) is 1. The van der Waals surface area contributed by atoms with Crippen LogP contribution in [0.2, 0.25) is 0 Å². The Balaban J connectivity index is 2.05. The smallest absolute Gasteiger partial charge is 0.292 e. The number of rotatable bonds is 4. The number of nitro benzene ring substituents is 1. The predicted octanol–water partition coefficient (Wildman–Crippen LogP) is 3.46. The maximum Gasteiger partial charge on any atom is 0.292 e. The maximum atomic E-state index is 11.0. The Bertz CT molecular complexity index is 431. The summed E-state index contributed by atoms with van der Waals surface area (Å²) in [6.07, 6.45) is 2.41. The van der Waals surface area contributed by atoms with Crippen LogP contribution in [0.3, 0.4) is 0 Å². The van der Waals surface area contributed by atoms with Crippen LogP contribution in [-0.4, -0.2) is 23.0 Å². The summed E-state index contributed by atoms with van der Waals surface area (Å²) in [5, 5.41) is 14.3. The fraction of sp³-hybridized carbons (Fsp3) is 0.538. The van der Waals surface area contributed by atoms with Crippen molar-refractivity contribution in [3.63, 3.8) is 0 Å². The second kappa shape index (κ2) is 6.09. The summed E-state index contributed by atoms with van der Waals surface area (Å²) in [6, 6.07) is 5.20. The van der Waals surface area contributed by atoms with Gasteiger partial charge in [-0.05, 0) is 42.8 Å². The Morgan fingerprint density at radius 1 is 1.44 bits per heavy atom. The number of anilines is 1. The maximum absolute atomic E-state index is 11.0. The summed E-state index contributed by atoms with van der Waals surface area (Å²) in [7, 11) is 0. The van der Waals surface area contributed by atoms with E-state index in [1.54, 1.807) is 12.1 Å². The van der Waals surface area contributed by atoms with E-state index < -0.39 is 0 Å². The molecule has 1 fully saturated rings. The first-order valence-electron chi connectivity index (χ1n) is 6.24. The molecule has 0 spiro atoms. The van der Waals surface area contributed by atoms with E-state index in [0.717, 1.165) is 12.1 Å². The molecule has 1 aliphatic rings. The summed E-state index contributed by atoms with van der Waals surface area (Å²) < 4.78 is 0. The van der Waals surface area contributed by atoms with Crippen LogP contribution in [0.25, 0.3) is 0 Å². The molecule has 1 aromatic carbocycles. The van der Waals surface area contributed by atoms with Gasteiger partial charge in [0.15, 0.2) is 0 Å². The SMILES string of the molecule is Cc1cccc([N+](=O)[O-])c1NCC1CCSCC1. The van der Waals surface area contributed by atoms with Crippen LogP contribution in [0.5, 0.6) is 0 Å². The van der Waals surface area contributed by atoms with Crippen molar-refractivity contribution in [2.24, 2.45) is 5.92 Å². The zero-order chi connectivity index (χ0) is 13.0. The summed E-state index contributed by atoms with van der Waals surface area (Å²) >= 11 is 2.00. The molecule has 5 heteroatoms. The van der Waals surface area contributed by atoms with Crippen LogP contribution in [0.1, 0.15) is 18.4 Å². The molecule has 0 aliphatic carbocycles. The van der Waals surface area contributed by atoms with Crippen molar-refractivity contribution in [1.82, 2.24) is 0 Å². The molecular formula is C13H18N2O2S. The summed E-state index contributed by atoms with van der Waals surface area (Å²) in [5.41, 5.74) is 1.80. The molecule has 1 aliphatic heterocycles. The van der Waals surface area contributed by atoms with Crippen LogP contribution in [0.4, 0.5) is 11.4 Å². The molecule has 1 saturated heterocycles. The highest BCUT2D eigenvalue weighted by atomic mass is 32.2. The predicted molar refractivity (Wildman–Crippen MR) is 76.4 cm³/mol. The minimum absolute atomic E-state index is 0.181. The molecule has 0 unspecified atom stereocenters. The van der Waals surface area contributed by atoms with Gasteiger partial charge in [-0.2, -0.15) is 11.8 Å². The van der Waals surface area contributed by atoms with Crippen molar-refractivity contribution in [3.05, 3.63) is 33.9 Å². The fourth-order valence-corrected chi connectivity index (χ4v) is 3.44. The number of para-hydroxylation sites is 1. The lowest BCUT2D eigenvalue weighted by atomic mass is 10.0. The van der Waals surface area contributed by atoms with Crippen LogP contribution < -0.4 is 5.32 Å². The van der Waals surface area contributed by atoms with Gasteiger partial charge < -0.3 is 5.32 Å². The monoisotopic (exact) mass is 266 g/mol. The molecule has 0 bridgehead atoms. The molecule has 0 atom stereocenters. The summed E-state index contributed by atoms with van der Waals surface area (Å²) in [5.74, 6) is 3.06. The lowest BCUT2D eigenvalue weighted by Gasteiger charge is -2.22. The van der Waals surface area contributed by atoms with Gasteiger partial charge >= 0.3 is 0 Å². The van der Waals surface area contributed by atoms with Gasteiger partial charge in [0.25, 0.3) is 5.69 Å². The summed E-state index contributed by atoms with van der Waals surface area (Å²) in [4.78, 5) is 10.7. The molecule has 1 N–H and O–H groups in total. The second-order valence-electron chi connectivity index (χ2n) is 4.66. The number of hydrogen-bond donors (Lipinski definition) is 1. The molecule has 1 aromatic rings. The van der Waals surface area contributed by atoms with Crippen LogP contribution >= 0.6 is 11.8 Å². The average Bonchev–Trinajstić information content (AvgIpc) is 2.38. The number of nitrogens with zero attached hydrogens (tertiary/aromatic N) is 1. The number of thioether (sulfide) groups is 1. The van der Waals surface area contributed by atoms with E-state index in [-0.39, 0.29) is 10.6 Å². The zero-order valence-corrected chi connectivity index (χ0v) is 11.3. The van der Waals surface area contributed by atoms with Crippen molar-refractivity contribution < 1.29 is 4.92 Å². The van der Waals surface area contributed by atoms with Gasteiger partial charge in [0, 0.05) is 12.6 Å². The molecule has 0 saturated carbocycles. The quantitative estimate of drug-likeness (QED) is 0.670. The van der Waals surface area contributed by atoms with Crippen molar-refractivity contribution in [2.75, 3.05) is 23.4 Å². The molecule has 98 valence electrons. The van der Waals surface area contributed by atoms with Crippen molar-refractivity contribution in [3.8, 4) is 0 Å². The van der Waals surface area contributed by atoms with Gasteiger partial charge in [-0.3, -0.25) is 10.1 Å². The normalized spacial score (nSPS) is 16.5. The topological polar surface area (TPSA) is 55.2 Å². The van der Waals surface area contributed by atoms with Crippen LogP contribution in [0, 0.1) is 23.0 Å². The Morgan fingerprint density at radius 2 is 2.17 bits per heavy atom. The highest BCUT2D eigenvalue weighted by Gasteiger charge is 2.18. The largest absolute Gasteiger partial charge is 0.379 e. The molecule has 2 rings (SSSR count). The molecule has 18 heavy (non-hydrogen) atoms. The third-order valence-corrected chi connectivity index (χ3v) is 4.40. The van der Waals surface area contributed by atoms with E-state index in [2.05, 4.69) is 5.32 Å². The number of hydrogen-bond acceptors (Lipinski definition) is 4. The third kappa shape index (κ3) is 3.16. The first-order valence-corrected chi connectivity index (χ1v) is 7.39. The van der Waals surface area contributed by atoms with Gasteiger partial charge in [0.1, 0.15) is 5.69 Å². The van der Waals surface area contributed by atoms with E-state index in [1.807, 2.05) is 24.8 Å². The van der Waals surface area contributed by atoms with Crippen molar-refractivity contribution in [2.45, 2.75) is 19.8 Å². The third-order valence-electron chi connectivity index (χ3n) is 3.36. The Labute approximate surface area is 111 Å². The standard InChI is InChI=1S/C13H18N2O2S/c1-10-3-2-4-12(15(16)17)13(10)14-9-11-5-7-18-8-6-11/h2-4,11,14H,5-9H2,1H3. The Hall–Kier alpha value is -1.23. The lowest BCUT2D eigenvalue weighted by Crippen LogP contribution is -2.19. The van der Waals surface area contributed by atoms with Gasteiger partial charge in [0.05, 0.1) is 4.92 Å². The summed E-state index contributed by atoms with van der Waals surface area (Å²) in [6.45, 7) is 2.75. The minimum Gasteiger partial charge on any atom is -0.379 e. The fourth-order valence-electron chi connectivity index (χ4n) is 2.23. The molecule has 0 aromatic heterocycles. The van der Waals surface area contributed by atoms with E-state index in [9.17, 15) is 10.1 Å². The number of benzene rings is 1. The highest BCUT2D eigenvalue weighted by molar-refractivity contribution is 7.99. The molecular weight excluding hydrogens is 248 g/mol. The van der Waals surface area contributed by atoms with Gasteiger partial charge in [-0.15, -0.1) is 0 Å². The van der Waals surface area contributed by atoms with Crippen LogP contribution in [-0.2, 0) is 0 Å². The van der Waals surface area contributed by atoms with Crippen molar-refractivity contribution in [1.29, 1.82) is 0 Å². The lowest BCUT2D eigenvalue weighted by molar-refractivity contribution is -0.384. The first kappa shape index (κ1) is 13.2. The van der Waals surface area contributed by atoms with E-state index >= 15 is 0 Å². The zero-order valence-electron chi connectivity index (χ0n) is 10.5. The van der Waals surface area contributed by atoms with Gasteiger partial charge in [-0.1, -0.05) is 12.1 Å². The first-order chi connectivity index (χ1) is 8.68. The van der Waals surface area contributed by atoms with E-state index in [1.165, 1.54) is 24.3 Å². The van der Waals surface area contributed by atoms with Gasteiger partial charge in [0.2, 0.25) is 0 Å². The Morgan fingerprint density at radius 3 is 2.83 bits per heavy atom. The molecule has 1 heterocycles. The number of nitro groups is 1. The molecule has 0 radical (unpaired) electrons. The van der Waals surface area contributed by atoms with Crippen molar-refractivity contribution >= 4 is 23.1 Å². The molecule has 0 amide bonds. The highest BCUT2D eigenvalue weighted by Crippen LogP contribution is 2.29. The van der Waals surface area contributed by atoms with E-state index in [0.29, 0.717) is 11.6 Å². The van der Waals surface area contributed by atoms with E-state index in [4.69, 9.17) is 0 Å². The minimum atomic E-state index is -0.313. The van der Waals surface area contributed by atoms with Gasteiger partial charge in [-0.25, -0.2) is 0 Å². The number of aryl methyl sites for hydroxylation is 1. The second-order valence-corrected chi connectivity index (χ2v) is 5.89. The average molecular weight is 266 g/mol. The van der Waals surface area contributed by atoms with Crippen LogP contribution in [0.15, 0.2) is 18.2 Å². The Kier molecular flexibility index (Phi) is 4.47. The molecule has 4 nitrogen and oxygen atoms in total.